The quantitative estimate of drug-likeness (QED) is 0.105. The van der Waals surface area contributed by atoms with Crippen LogP contribution in [0.5, 0.6) is 23.1 Å². The van der Waals surface area contributed by atoms with Crippen LogP contribution in [0.3, 0.4) is 0 Å². The highest BCUT2D eigenvalue weighted by Crippen LogP contribution is 2.34. The molecule has 0 spiro atoms. The smallest absolute Gasteiger partial charge is 0.246 e. The number of nitrogens with zero attached hydrogens (tertiary/aromatic N) is 3. The summed E-state index contributed by atoms with van der Waals surface area (Å²) in [6.07, 6.45) is 5.80. The van der Waals surface area contributed by atoms with Crippen LogP contribution in [0, 0.1) is 19.7 Å². The lowest BCUT2D eigenvalue weighted by Crippen LogP contribution is -2.47. The molecule has 0 aliphatic carbocycles. The van der Waals surface area contributed by atoms with Gasteiger partial charge in [-0.3, -0.25) is 9.69 Å². The van der Waals surface area contributed by atoms with Gasteiger partial charge in [-0.15, -0.1) is 12.4 Å². The van der Waals surface area contributed by atoms with E-state index >= 15 is 0 Å². The first-order valence-corrected chi connectivity index (χ1v) is 18.8. The zero-order chi connectivity index (χ0) is 38.0. The molecule has 0 unspecified atom stereocenters. The summed E-state index contributed by atoms with van der Waals surface area (Å²) in [4.78, 5) is 21.7. The molecule has 4 aromatic carbocycles. The SMILES string of the molecule is Cc1ccc(COc2ccc(Oc3c(C)cc(C=CC(=O)N4CCN(Cc5ccc(CCOc6ccc(C(C)C)cc6)cc5)CC4)cc3Cl)nc2)cc1F.Cl. The van der Waals surface area contributed by atoms with Crippen LogP contribution in [-0.4, -0.2) is 53.5 Å². The Hall–Kier alpha value is -4.89. The number of rotatable bonds is 14. The van der Waals surface area contributed by atoms with E-state index < -0.39 is 0 Å². The third-order valence-corrected chi connectivity index (χ3v) is 9.83. The largest absolute Gasteiger partial charge is 0.493 e. The van der Waals surface area contributed by atoms with Gasteiger partial charge in [-0.05, 0) is 101 Å². The average molecular weight is 785 g/mol. The Morgan fingerprint density at radius 2 is 1.53 bits per heavy atom. The first-order chi connectivity index (χ1) is 26.1. The Labute approximate surface area is 335 Å². The van der Waals surface area contributed by atoms with Gasteiger partial charge in [0, 0.05) is 51.3 Å². The van der Waals surface area contributed by atoms with Gasteiger partial charge < -0.3 is 19.1 Å². The number of aryl methyl sites for hydroxylation is 2. The molecule has 10 heteroatoms. The fourth-order valence-electron chi connectivity index (χ4n) is 6.20. The highest BCUT2D eigenvalue weighted by Gasteiger charge is 2.20. The van der Waals surface area contributed by atoms with Gasteiger partial charge in [0.2, 0.25) is 11.8 Å². The molecule has 5 aromatic rings. The lowest BCUT2D eigenvalue weighted by Gasteiger charge is -2.34. The Morgan fingerprint density at radius 1 is 0.836 bits per heavy atom. The summed E-state index contributed by atoms with van der Waals surface area (Å²) in [5, 5.41) is 0.410. The maximum absolute atomic E-state index is 13.8. The minimum Gasteiger partial charge on any atom is -0.493 e. The van der Waals surface area contributed by atoms with Crippen molar-refractivity contribution in [2.75, 3.05) is 32.8 Å². The number of carbonyl (C=O) groups is 1. The third-order valence-electron chi connectivity index (χ3n) is 9.55. The van der Waals surface area contributed by atoms with Crippen molar-refractivity contribution in [1.82, 2.24) is 14.8 Å². The fraction of sp³-hybridized carbons (Fsp3) is 0.289. The van der Waals surface area contributed by atoms with E-state index in [1.54, 1.807) is 49.5 Å². The molecular weight excluding hydrogens is 736 g/mol. The first-order valence-electron chi connectivity index (χ1n) is 18.4. The summed E-state index contributed by atoms with van der Waals surface area (Å²) in [6, 6.07) is 29.3. The van der Waals surface area contributed by atoms with E-state index in [1.165, 1.54) is 22.8 Å². The van der Waals surface area contributed by atoms with Gasteiger partial charge in [0.15, 0.2) is 5.75 Å². The molecule has 1 saturated heterocycles. The molecule has 55 heavy (non-hydrogen) atoms. The second-order valence-electron chi connectivity index (χ2n) is 14.0. The average Bonchev–Trinajstić information content (AvgIpc) is 3.17. The minimum absolute atomic E-state index is 0. The predicted octanol–water partition coefficient (Wildman–Crippen LogP) is 10.4. The second-order valence-corrected chi connectivity index (χ2v) is 14.4. The summed E-state index contributed by atoms with van der Waals surface area (Å²) in [7, 11) is 0. The minimum atomic E-state index is -0.261. The van der Waals surface area contributed by atoms with E-state index in [0.29, 0.717) is 53.6 Å². The summed E-state index contributed by atoms with van der Waals surface area (Å²) in [6.45, 7) is 12.7. The van der Waals surface area contributed by atoms with Crippen LogP contribution in [0.2, 0.25) is 5.02 Å². The van der Waals surface area contributed by atoms with Crippen molar-refractivity contribution in [3.63, 3.8) is 0 Å². The highest BCUT2D eigenvalue weighted by atomic mass is 35.5. The van der Waals surface area contributed by atoms with Gasteiger partial charge in [-0.2, -0.15) is 0 Å². The van der Waals surface area contributed by atoms with Crippen molar-refractivity contribution in [2.45, 2.75) is 53.2 Å². The predicted molar refractivity (Wildman–Crippen MR) is 220 cm³/mol. The molecule has 1 aliphatic rings. The number of hydrogen-bond acceptors (Lipinski definition) is 6. The standard InChI is InChI=1S/C45H47ClFN3O4.ClH/c1-31(2)38-12-14-39(15-13-38)52-24-19-34-7-9-35(10-8-34)29-49-20-22-50(23-21-49)44(51)18-11-36-25-33(4)45(41(46)26-36)54-43-17-16-40(28-48-43)53-30-37-6-5-32(3)42(47)27-37;/h5-18,25-28,31H,19-24,29-30H2,1-4H3;1H. The van der Waals surface area contributed by atoms with Gasteiger partial charge in [0.05, 0.1) is 17.8 Å². The zero-order valence-corrected chi connectivity index (χ0v) is 33.3. The lowest BCUT2D eigenvalue weighted by atomic mass is 10.0. The van der Waals surface area contributed by atoms with Crippen LogP contribution < -0.4 is 14.2 Å². The van der Waals surface area contributed by atoms with Crippen LogP contribution >= 0.6 is 24.0 Å². The van der Waals surface area contributed by atoms with E-state index in [9.17, 15) is 9.18 Å². The molecule has 7 nitrogen and oxygen atoms in total. The van der Waals surface area contributed by atoms with Gasteiger partial charge >= 0.3 is 0 Å². The van der Waals surface area contributed by atoms with Crippen molar-refractivity contribution < 1.29 is 23.4 Å². The molecule has 0 saturated carbocycles. The molecule has 1 aromatic heterocycles. The van der Waals surface area contributed by atoms with Crippen LogP contribution in [0.1, 0.15) is 58.7 Å². The summed E-state index contributed by atoms with van der Waals surface area (Å²) in [5.74, 6) is 2.51. The number of amides is 1. The lowest BCUT2D eigenvalue weighted by molar-refractivity contribution is -0.127. The second kappa shape index (κ2) is 19.6. The van der Waals surface area contributed by atoms with Crippen molar-refractivity contribution in [3.8, 4) is 23.1 Å². The van der Waals surface area contributed by atoms with Gasteiger partial charge in [0.25, 0.3) is 0 Å². The van der Waals surface area contributed by atoms with E-state index in [-0.39, 0.29) is 30.7 Å². The Morgan fingerprint density at radius 3 is 2.18 bits per heavy atom. The van der Waals surface area contributed by atoms with Crippen LogP contribution in [0.25, 0.3) is 6.08 Å². The van der Waals surface area contributed by atoms with Gasteiger partial charge in [0.1, 0.15) is 23.9 Å². The highest BCUT2D eigenvalue weighted by molar-refractivity contribution is 6.32. The Kier molecular flexibility index (Phi) is 14.7. The summed E-state index contributed by atoms with van der Waals surface area (Å²) < 4.78 is 31.5. The zero-order valence-electron chi connectivity index (χ0n) is 31.8. The molecule has 0 atom stereocenters. The molecule has 0 bridgehead atoms. The molecule has 2 heterocycles. The molecule has 0 radical (unpaired) electrons. The fourth-order valence-corrected chi connectivity index (χ4v) is 6.51. The first kappa shape index (κ1) is 41.3. The Bertz CT molecular complexity index is 2020. The van der Waals surface area contributed by atoms with Crippen molar-refractivity contribution in [1.29, 1.82) is 0 Å². The van der Waals surface area contributed by atoms with Crippen LogP contribution in [-0.2, 0) is 24.4 Å². The molecule has 0 N–H and O–H groups in total. The Balaban J connectivity index is 0.00000580. The van der Waals surface area contributed by atoms with E-state index in [1.807, 2.05) is 36.1 Å². The summed E-state index contributed by atoms with van der Waals surface area (Å²) >= 11 is 6.62. The van der Waals surface area contributed by atoms with Gasteiger partial charge in [-0.1, -0.05) is 74.0 Å². The number of piperazine rings is 1. The normalized spacial score (nSPS) is 13.2. The number of ether oxygens (including phenoxy) is 3. The molecule has 1 amide bonds. The van der Waals surface area contributed by atoms with E-state index in [0.717, 1.165) is 48.5 Å². The number of benzene rings is 4. The van der Waals surface area contributed by atoms with Crippen molar-refractivity contribution in [2.24, 2.45) is 0 Å². The van der Waals surface area contributed by atoms with E-state index in [2.05, 4.69) is 60.1 Å². The number of pyridine rings is 1. The number of hydrogen-bond donors (Lipinski definition) is 0. The molecule has 1 aliphatic heterocycles. The number of aromatic nitrogens is 1. The van der Waals surface area contributed by atoms with Crippen LogP contribution in [0.15, 0.2) is 103 Å². The molecule has 1 fully saturated rings. The summed E-state index contributed by atoms with van der Waals surface area (Å²) in [5.41, 5.74) is 6.76. The van der Waals surface area contributed by atoms with Crippen molar-refractivity contribution >= 4 is 36.0 Å². The topological polar surface area (TPSA) is 64.1 Å². The molecule has 288 valence electrons. The molecule has 6 rings (SSSR count). The monoisotopic (exact) mass is 783 g/mol. The van der Waals surface area contributed by atoms with Gasteiger partial charge in [-0.25, -0.2) is 9.37 Å². The number of carbonyl (C=O) groups excluding carboxylic acids is 1. The van der Waals surface area contributed by atoms with Crippen molar-refractivity contribution in [3.05, 3.63) is 153 Å². The van der Waals surface area contributed by atoms with E-state index in [4.69, 9.17) is 25.8 Å². The van der Waals surface area contributed by atoms with Crippen LogP contribution in [0.4, 0.5) is 4.39 Å². The maximum Gasteiger partial charge on any atom is 0.246 e. The third kappa shape index (κ3) is 11.8. The molecular formula is C45H48Cl2FN3O4. The number of halogens is 3. The maximum atomic E-state index is 13.8.